The Labute approximate surface area is 149 Å². The third kappa shape index (κ3) is 3.47. The minimum absolute atomic E-state index is 0.0686. The van der Waals surface area contributed by atoms with Gasteiger partial charge in [-0.25, -0.2) is 0 Å². The van der Waals surface area contributed by atoms with Crippen LogP contribution >= 0.6 is 0 Å². The van der Waals surface area contributed by atoms with E-state index in [0.29, 0.717) is 11.8 Å². The van der Waals surface area contributed by atoms with E-state index >= 15 is 0 Å². The zero-order valence-corrected chi connectivity index (χ0v) is 15.0. The molecule has 1 aromatic carbocycles. The number of likely N-dealkylation sites (tertiary alicyclic amines) is 2. The number of fused-ring (bicyclic) bond motifs is 1. The van der Waals surface area contributed by atoms with Crippen LogP contribution in [0.3, 0.4) is 0 Å². The molecule has 0 N–H and O–H groups in total. The van der Waals surface area contributed by atoms with Crippen LogP contribution in [0.4, 0.5) is 0 Å². The molecule has 0 bridgehead atoms. The topological polar surface area (TPSA) is 42.0 Å². The molecule has 5 nitrogen and oxygen atoms in total. The van der Waals surface area contributed by atoms with Crippen LogP contribution in [0.1, 0.15) is 39.0 Å². The molecule has 2 fully saturated rings. The van der Waals surface area contributed by atoms with Crippen LogP contribution in [0.5, 0.6) is 11.5 Å². The summed E-state index contributed by atoms with van der Waals surface area (Å²) in [6.45, 7) is 6.03. The summed E-state index contributed by atoms with van der Waals surface area (Å²) >= 11 is 0. The molecule has 2 unspecified atom stereocenters. The van der Waals surface area contributed by atoms with Gasteiger partial charge in [0.2, 0.25) is 6.10 Å². The number of hydrogen-bond acceptors (Lipinski definition) is 4. The predicted octanol–water partition coefficient (Wildman–Crippen LogP) is 2.69. The average Bonchev–Trinajstić information content (AvgIpc) is 2.68. The molecular weight excluding hydrogens is 316 g/mol. The molecule has 136 valence electrons. The molecule has 0 radical (unpaired) electrons. The minimum atomic E-state index is -0.540. The third-order valence-electron chi connectivity index (χ3n) is 5.77. The first-order chi connectivity index (χ1) is 12.2. The third-order valence-corrected chi connectivity index (χ3v) is 5.77. The molecule has 2 saturated heterocycles. The first kappa shape index (κ1) is 16.7. The number of carbonyl (C=O) groups is 1. The lowest BCUT2D eigenvalue weighted by molar-refractivity contribution is -0.146. The van der Waals surface area contributed by atoms with Gasteiger partial charge in [-0.3, -0.25) is 4.79 Å². The maximum Gasteiger partial charge on any atom is 0.267 e. The van der Waals surface area contributed by atoms with Gasteiger partial charge in [0.25, 0.3) is 5.91 Å². The van der Waals surface area contributed by atoms with Crippen LogP contribution < -0.4 is 9.47 Å². The van der Waals surface area contributed by atoms with E-state index in [-0.39, 0.29) is 12.0 Å². The number of hydrogen-bond donors (Lipinski definition) is 0. The van der Waals surface area contributed by atoms with Crippen molar-refractivity contribution in [1.82, 2.24) is 9.80 Å². The van der Waals surface area contributed by atoms with E-state index in [1.54, 1.807) is 0 Å². The summed E-state index contributed by atoms with van der Waals surface area (Å²) in [5, 5.41) is 0. The summed E-state index contributed by atoms with van der Waals surface area (Å²) in [4.78, 5) is 17.6. The van der Waals surface area contributed by atoms with E-state index < -0.39 is 6.10 Å². The van der Waals surface area contributed by atoms with E-state index in [2.05, 4.69) is 4.90 Å². The van der Waals surface area contributed by atoms with Gasteiger partial charge in [-0.2, -0.15) is 0 Å². The standard InChI is InChI=1S/C20H28N2O3/c1-15-19(25-18-8-4-3-7-17(18)24-15)20(23)22-13-9-16(10-14-22)21-11-5-2-6-12-21/h3-4,7-8,15-16,19H,2,5-6,9-14H2,1H3. The highest BCUT2D eigenvalue weighted by Crippen LogP contribution is 2.34. The molecule has 0 saturated carbocycles. The Hall–Kier alpha value is -1.75. The molecule has 3 aliphatic rings. The average molecular weight is 344 g/mol. The van der Waals surface area contributed by atoms with Gasteiger partial charge in [0, 0.05) is 19.1 Å². The minimum Gasteiger partial charge on any atom is -0.482 e. The van der Waals surface area contributed by atoms with Crippen molar-refractivity contribution in [2.75, 3.05) is 26.2 Å². The fourth-order valence-corrected chi connectivity index (χ4v) is 4.31. The number of carbonyl (C=O) groups excluding carboxylic acids is 1. The number of rotatable bonds is 2. The van der Waals surface area contributed by atoms with Crippen molar-refractivity contribution in [3.05, 3.63) is 24.3 Å². The maximum absolute atomic E-state index is 13.0. The van der Waals surface area contributed by atoms with Crippen LogP contribution in [0.15, 0.2) is 24.3 Å². The molecule has 0 aliphatic carbocycles. The Balaban J connectivity index is 1.36. The number of ether oxygens (including phenoxy) is 2. The zero-order chi connectivity index (χ0) is 17.2. The van der Waals surface area contributed by atoms with Crippen molar-refractivity contribution in [3.8, 4) is 11.5 Å². The first-order valence-corrected chi connectivity index (χ1v) is 9.67. The highest BCUT2D eigenvalue weighted by atomic mass is 16.6. The van der Waals surface area contributed by atoms with Gasteiger partial charge in [0.05, 0.1) is 0 Å². The monoisotopic (exact) mass is 344 g/mol. The molecule has 1 aromatic rings. The molecule has 3 heterocycles. The van der Waals surface area contributed by atoms with Gasteiger partial charge in [0.15, 0.2) is 11.5 Å². The van der Waals surface area contributed by atoms with E-state index in [1.165, 1.54) is 32.4 Å². The number of piperidine rings is 2. The van der Waals surface area contributed by atoms with Crippen LogP contribution in [-0.2, 0) is 4.79 Å². The number of para-hydroxylation sites is 2. The fraction of sp³-hybridized carbons (Fsp3) is 0.650. The summed E-state index contributed by atoms with van der Waals surface area (Å²) in [7, 11) is 0. The second-order valence-electron chi connectivity index (χ2n) is 7.46. The normalized spacial score (nSPS) is 28.0. The van der Waals surface area contributed by atoms with Crippen molar-refractivity contribution >= 4 is 5.91 Å². The second kappa shape index (κ2) is 7.24. The van der Waals surface area contributed by atoms with Crippen LogP contribution in [-0.4, -0.2) is 60.1 Å². The van der Waals surface area contributed by atoms with Crippen molar-refractivity contribution in [2.24, 2.45) is 0 Å². The van der Waals surface area contributed by atoms with Crippen LogP contribution in [0, 0.1) is 0 Å². The van der Waals surface area contributed by atoms with Crippen LogP contribution in [0.2, 0.25) is 0 Å². The Bertz CT molecular complexity index is 607. The summed E-state index contributed by atoms with van der Waals surface area (Å²) in [6.07, 6.45) is 5.36. The summed E-state index contributed by atoms with van der Waals surface area (Å²) in [6, 6.07) is 8.22. The van der Waals surface area contributed by atoms with Crippen molar-refractivity contribution in [1.29, 1.82) is 0 Å². The lowest BCUT2D eigenvalue weighted by Crippen LogP contribution is -2.54. The Kier molecular flexibility index (Phi) is 4.84. The lowest BCUT2D eigenvalue weighted by atomic mass is 9.99. The van der Waals surface area contributed by atoms with Gasteiger partial charge >= 0.3 is 0 Å². The summed E-state index contributed by atoms with van der Waals surface area (Å²) < 4.78 is 11.9. The van der Waals surface area contributed by atoms with E-state index in [0.717, 1.165) is 31.7 Å². The Morgan fingerprint density at radius 3 is 2.28 bits per heavy atom. The highest BCUT2D eigenvalue weighted by Gasteiger charge is 2.38. The molecule has 2 atom stereocenters. The van der Waals surface area contributed by atoms with Crippen molar-refractivity contribution in [3.63, 3.8) is 0 Å². The highest BCUT2D eigenvalue weighted by molar-refractivity contribution is 5.82. The van der Waals surface area contributed by atoms with E-state index in [4.69, 9.17) is 9.47 Å². The molecular formula is C20H28N2O3. The van der Waals surface area contributed by atoms with Gasteiger partial charge in [-0.05, 0) is 57.8 Å². The van der Waals surface area contributed by atoms with E-state index in [1.807, 2.05) is 36.1 Å². The quantitative estimate of drug-likeness (QED) is 0.827. The molecule has 4 rings (SSSR count). The smallest absolute Gasteiger partial charge is 0.267 e. The van der Waals surface area contributed by atoms with Gasteiger partial charge < -0.3 is 19.3 Å². The first-order valence-electron chi connectivity index (χ1n) is 9.67. The molecule has 0 aromatic heterocycles. The van der Waals surface area contributed by atoms with Gasteiger partial charge in [0.1, 0.15) is 6.10 Å². The largest absolute Gasteiger partial charge is 0.482 e. The van der Waals surface area contributed by atoms with Crippen molar-refractivity contribution < 1.29 is 14.3 Å². The summed E-state index contributed by atoms with van der Waals surface area (Å²) in [5.41, 5.74) is 0. The van der Waals surface area contributed by atoms with Crippen LogP contribution in [0.25, 0.3) is 0 Å². The zero-order valence-electron chi connectivity index (χ0n) is 15.0. The van der Waals surface area contributed by atoms with Gasteiger partial charge in [-0.15, -0.1) is 0 Å². The number of benzene rings is 1. The Morgan fingerprint density at radius 1 is 0.960 bits per heavy atom. The van der Waals surface area contributed by atoms with Crippen molar-refractivity contribution in [2.45, 2.75) is 57.3 Å². The second-order valence-corrected chi connectivity index (χ2v) is 7.46. The molecule has 5 heteroatoms. The molecule has 0 spiro atoms. The molecule has 25 heavy (non-hydrogen) atoms. The maximum atomic E-state index is 13.0. The summed E-state index contributed by atoms with van der Waals surface area (Å²) in [5.74, 6) is 1.46. The molecule has 1 amide bonds. The number of nitrogens with zero attached hydrogens (tertiary/aromatic N) is 2. The van der Waals surface area contributed by atoms with E-state index in [9.17, 15) is 4.79 Å². The van der Waals surface area contributed by atoms with Gasteiger partial charge in [-0.1, -0.05) is 18.6 Å². The SMILES string of the molecule is CC1Oc2ccccc2OC1C(=O)N1CCC(N2CCCCC2)CC1. The lowest BCUT2D eigenvalue weighted by Gasteiger charge is -2.41. The Morgan fingerprint density at radius 2 is 1.60 bits per heavy atom. The fourth-order valence-electron chi connectivity index (χ4n) is 4.31. The molecule has 3 aliphatic heterocycles. The number of amides is 1. The predicted molar refractivity (Wildman–Crippen MR) is 96.0 cm³/mol.